The number of hydrogen-bond acceptors (Lipinski definition) is 12. The van der Waals surface area contributed by atoms with Gasteiger partial charge >= 0.3 is 5.97 Å². The molecule has 2 fully saturated rings. The Hall–Kier alpha value is -5.53. The Morgan fingerprint density at radius 1 is 0.523 bits per heavy atom. The summed E-state index contributed by atoms with van der Waals surface area (Å²) in [5, 5.41) is 17.7. The van der Waals surface area contributed by atoms with E-state index in [-0.39, 0.29) is 83.9 Å². The molecule has 0 saturated carbocycles. The van der Waals surface area contributed by atoms with E-state index in [1.54, 1.807) is 50.7 Å². The highest BCUT2D eigenvalue weighted by atomic mass is 127. The molecule has 86 heavy (non-hydrogen) atoms. The van der Waals surface area contributed by atoms with E-state index in [1.807, 2.05) is 87.3 Å². The molecule has 4 bridgehead atoms. The summed E-state index contributed by atoms with van der Waals surface area (Å²) in [6.45, 7) is 26.8. The number of likely N-dealkylation sites (N-methyl/N-ethyl adjacent to an activating group) is 7. The lowest BCUT2D eigenvalue weighted by atomic mass is 9.95. The minimum Gasteiger partial charge on any atom is -0.481 e. The van der Waals surface area contributed by atoms with Gasteiger partial charge < -0.3 is 55.4 Å². The molecule has 0 spiro atoms. The third-order valence-corrected chi connectivity index (χ3v) is 21.0. The van der Waals surface area contributed by atoms with Crippen LogP contribution in [-0.4, -0.2) is 239 Å². The van der Waals surface area contributed by atoms with Crippen molar-refractivity contribution >= 4 is 89.4 Å². The quantitative estimate of drug-likeness (QED) is 0.0788. The average molecular weight is 1320 g/mol. The minimum atomic E-state index is -1.20. The van der Waals surface area contributed by atoms with Gasteiger partial charge in [-0.15, -0.1) is 0 Å². The van der Waals surface area contributed by atoms with E-state index in [0.29, 0.717) is 6.42 Å². The van der Waals surface area contributed by atoms with Gasteiger partial charge in [0.15, 0.2) is 0 Å². The van der Waals surface area contributed by atoms with Gasteiger partial charge in [-0.3, -0.25) is 57.6 Å². The Bertz CT molecular complexity index is 2520. The number of nitrogens with zero attached hydrogens (tertiary/aromatic N) is 8. The first-order chi connectivity index (χ1) is 39.8. The number of carbonyl (C=O) groups is 11. The number of aliphatic carboxylic acids is 1. The predicted molar refractivity (Wildman–Crippen MR) is 340 cm³/mol. The van der Waals surface area contributed by atoms with Crippen LogP contribution >= 0.6 is 20.7 Å². The van der Waals surface area contributed by atoms with Crippen LogP contribution in [-0.2, 0) is 52.7 Å². The number of carboxylic acids is 1. The zero-order valence-electron chi connectivity index (χ0n) is 55.6. The summed E-state index contributed by atoms with van der Waals surface area (Å²) >= 11 is -1.09. The van der Waals surface area contributed by atoms with Gasteiger partial charge in [-0.2, -0.15) is 0 Å². The van der Waals surface area contributed by atoms with Gasteiger partial charge in [-0.25, -0.2) is 0 Å². The van der Waals surface area contributed by atoms with Crippen molar-refractivity contribution in [1.82, 2.24) is 55.1 Å². The predicted octanol–water partition coefficient (Wildman–Crippen LogP) is 3.78. The van der Waals surface area contributed by atoms with Crippen molar-refractivity contribution in [2.75, 3.05) is 55.9 Å². The summed E-state index contributed by atoms with van der Waals surface area (Å²) in [6.07, 6.45) is 4.92. The smallest absolute Gasteiger partial charge is 0.303 e. The van der Waals surface area contributed by atoms with Crippen LogP contribution in [0.5, 0.6) is 0 Å². The Morgan fingerprint density at radius 2 is 0.977 bits per heavy atom. The topological polar surface area (TPSA) is 270 Å². The molecule has 0 aromatic carbocycles. The van der Waals surface area contributed by atoms with Crippen LogP contribution in [0.3, 0.4) is 0 Å². The molecule has 1 unspecified atom stereocenters. The number of carboxylic acid groups (broad SMARTS) is 1. The number of alkyl halides is 1. The van der Waals surface area contributed by atoms with E-state index >= 15 is 14.4 Å². The zero-order valence-corrected chi connectivity index (χ0v) is 57.8. The fraction of sp³-hybridized carbons (Fsp3) is 0.774. The number of fused-ring (bicyclic) bond motifs is 27. The Kier molecular flexibility index (Phi) is 28.3. The Balaban J connectivity index is 2.31. The van der Waals surface area contributed by atoms with Crippen LogP contribution < -0.4 is 16.0 Å². The first-order valence-corrected chi connectivity index (χ1v) is 33.0. The largest absolute Gasteiger partial charge is 0.481 e. The maximum absolute atomic E-state index is 15.3. The third-order valence-electron chi connectivity index (χ3n) is 16.7. The van der Waals surface area contributed by atoms with Crippen molar-refractivity contribution in [3.05, 3.63) is 12.2 Å². The lowest BCUT2D eigenvalue weighted by molar-refractivity contribution is -0.152. The standard InChI is InChI=1S/C62H106IN11O12/c1-33(2)28-43-56(80)66-50(37(9)10)61(85)69(18)44(29-34(3)4)55(79)64-39(13)54(78)65-40(14)57(81)70(19)45(30-35(5)6)59(83)71(20)46(31-36(7)8)60(84)73(22)51(38(11)12)53-63-49-42(26-24-23-25-27-48(76)77)74(62(86)52(49)72(53)21)41(15)58(82)67(16)32-47(75)68(43)17/h23-24,33-46,49-52H,25-32H2,1-22H3,(H,64,79)(H,65,78)(H,66,80)(H,76,77)/b24-23+/t39-,40+,41-,42+,43-,44-,45-,46-,49+,50-,51-,52?/m0/s1. The lowest BCUT2D eigenvalue weighted by Crippen LogP contribution is -2.61. The second kappa shape index (κ2) is 32.6. The van der Waals surface area contributed by atoms with Crippen molar-refractivity contribution in [2.45, 2.75) is 219 Å². The monoisotopic (exact) mass is 1320 g/mol. The van der Waals surface area contributed by atoms with Crippen LogP contribution in [0.4, 0.5) is 0 Å². The number of rotatable bonds is 15. The molecule has 0 radical (unpaired) electrons. The molecule has 4 rings (SSSR count). The number of hydrogen-bond donors (Lipinski definition) is 4. The molecule has 4 aliphatic heterocycles. The van der Waals surface area contributed by atoms with Crippen molar-refractivity contribution in [2.24, 2.45) is 35.5 Å². The van der Waals surface area contributed by atoms with E-state index < -0.39 is 153 Å². The number of carbonyl (C=O) groups excluding carboxylic acids is 10. The molecule has 0 aromatic rings. The van der Waals surface area contributed by atoms with E-state index in [0.717, 1.165) is 3.63 Å². The molecule has 2 saturated heterocycles. The van der Waals surface area contributed by atoms with Crippen LogP contribution in [0, 0.1) is 35.5 Å². The van der Waals surface area contributed by atoms with Gasteiger partial charge in [-0.05, 0) is 102 Å². The van der Waals surface area contributed by atoms with Gasteiger partial charge in [0.1, 0.15) is 54.4 Å². The summed E-state index contributed by atoms with van der Waals surface area (Å²) in [6, 6.07) is -10.6. The van der Waals surface area contributed by atoms with Crippen molar-refractivity contribution in [1.29, 1.82) is 0 Å². The van der Waals surface area contributed by atoms with Crippen molar-refractivity contribution in [3.8, 4) is 0 Å². The average Bonchev–Trinajstić information content (AvgIpc) is 1.65. The lowest BCUT2D eigenvalue weighted by Gasteiger charge is -2.41. The molecular formula is C62H106IN11O12. The summed E-state index contributed by atoms with van der Waals surface area (Å²) < 4.78 is 0.632. The molecule has 4 N–H and O–H groups in total. The van der Waals surface area contributed by atoms with Crippen molar-refractivity contribution in [3.63, 3.8) is 0 Å². The number of allylic oxidation sites excluding steroid dienone is 1. The van der Waals surface area contributed by atoms with Gasteiger partial charge in [0, 0.05) is 58.4 Å². The normalized spacial score (nSPS) is 28.8. The molecular weight excluding hydrogens is 1220 g/mol. The molecule has 10 amide bonds. The molecule has 0 aliphatic carbocycles. The van der Waals surface area contributed by atoms with E-state index in [4.69, 9.17) is 0 Å². The number of nitrogens with one attached hydrogen (secondary N) is 3. The zero-order chi connectivity index (χ0) is 65.8. The summed E-state index contributed by atoms with van der Waals surface area (Å²) in [4.78, 5) is 170. The van der Waals surface area contributed by atoms with Crippen LogP contribution in [0.15, 0.2) is 12.2 Å². The minimum absolute atomic E-state index is 0.0576. The second-order valence-electron chi connectivity index (χ2n) is 26.5. The van der Waals surface area contributed by atoms with E-state index in [2.05, 4.69) is 16.0 Å². The molecule has 488 valence electrons. The van der Waals surface area contributed by atoms with Crippen LogP contribution in [0.25, 0.3) is 0 Å². The van der Waals surface area contributed by atoms with Gasteiger partial charge in [-0.1, -0.05) is 116 Å². The molecule has 0 aromatic heterocycles. The highest BCUT2D eigenvalue weighted by Gasteiger charge is 2.57. The molecule has 23 nitrogen and oxygen atoms in total. The highest BCUT2D eigenvalue weighted by molar-refractivity contribution is 14.2. The SMILES string of the molecule is CC(C)C[C@H]1C(=O)N[C@@H](C(C)C)C(=O)N(C)[C@@H](CC(C)C)C(=O)N[C@@H](C)C(=O)N[C@H](C)C(=O)N(C)[C@@H](CC(C)C)C(=O)N(C)[C@@H](CC(C)C)C(=O)N(C)[C@@H](C(C)C)C2=I[C@H]3C(C(=O)N([C@@H]3C/C=C/CCC(=O)O)[C@@H](C)C(=O)N(C)CC(=O)N1C)N2C. The third kappa shape index (κ3) is 18.8. The van der Waals surface area contributed by atoms with Crippen molar-refractivity contribution < 1.29 is 57.8 Å². The van der Waals surface area contributed by atoms with E-state index in [1.165, 1.54) is 66.5 Å². The fourth-order valence-corrected chi connectivity index (χ4v) is 16.9. The van der Waals surface area contributed by atoms with E-state index in [9.17, 15) is 43.5 Å². The maximum atomic E-state index is 15.3. The number of amides is 10. The molecule has 4 heterocycles. The maximum Gasteiger partial charge on any atom is 0.303 e. The summed E-state index contributed by atoms with van der Waals surface area (Å²) in [7, 11) is 11.0. The van der Waals surface area contributed by atoms with Gasteiger partial charge in [0.25, 0.3) is 0 Å². The van der Waals surface area contributed by atoms with Crippen LogP contribution in [0.1, 0.15) is 149 Å². The number of halogens is 1. The second-order valence-corrected chi connectivity index (χ2v) is 29.7. The molecule has 12 atom stereocenters. The van der Waals surface area contributed by atoms with Gasteiger partial charge in [0.2, 0.25) is 59.1 Å². The highest BCUT2D eigenvalue weighted by Crippen LogP contribution is 2.44. The summed E-state index contributed by atoms with van der Waals surface area (Å²) in [5.74, 6) is -7.39. The van der Waals surface area contributed by atoms with Crippen LogP contribution in [0.2, 0.25) is 0 Å². The Morgan fingerprint density at radius 3 is 1.47 bits per heavy atom. The molecule has 24 heteroatoms. The first kappa shape index (κ1) is 74.7. The summed E-state index contributed by atoms with van der Waals surface area (Å²) in [5.41, 5.74) is 0. The molecule has 4 aliphatic rings. The first-order valence-electron chi connectivity index (χ1n) is 30.7. The van der Waals surface area contributed by atoms with Gasteiger partial charge in [0.05, 0.1) is 16.5 Å². The fourth-order valence-electron chi connectivity index (χ4n) is 11.8. The Labute approximate surface area is 522 Å².